The van der Waals surface area contributed by atoms with Crippen LogP contribution in [0.2, 0.25) is 0 Å². The summed E-state index contributed by atoms with van der Waals surface area (Å²) in [5.41, 5.74) is 5.18. The average molecular weight is 217 g/mol. The van der Waals surface area contributed by atoms with Gasteiger partial charge >= 0.3 is 11.9 Å². The fourth-order valence-electron chi connectivity index (χ4n) is 0.899. The first kappa shape index (κ1) is 15.4. The maximum absolute atomic E-state index is 10.5. The van der Waals surface area contributed by atoms with E-state index in [2.05, 4.69) is 0 Å². The Labute approximate surface area is 84.4 Å². The van der Waals surface area contributed by atoms with Crippen molar-refractivity contribution in [2.45, 2.75) is 0 Å². The maximum Gasteiger partial charge on any atom is 0.335 e. The molecule has 1 rings (SSSR count). The van der Waals surface area contributed by atoms with E-state index in [4.69, 9.17) is 15.9 Å². The van der Waals surface area contributed by atoms with Gasteiger partial charge in [0.05, 0.1) is 11.1 Å². The topological polar surface area (TPSA) is 164 Å². The molecule has 0 saturated heterocycles. The number of benzene rings is 1. The van der Waals surface area contributed by atoms with Crippen LogP contribution < -0.4 is 5.73 Å². The lowest BCUT2D eigenvalue weighted by atomic mass is 10.1. The molecule has 0 amide bonds. The second-order valence-electron chi connectivity index (χ2n) is 2.45. The number of rotatable bonds is 2. The molecule has 0 spiro atoms. The predicted octanol–water partition coefficient (Wildman–Crippen LogP) is -0.984. The van der Waals surface area contributed by atoms with Gasteiger partial charge in [-0.05, 0) is 18.2 Å². The fraction of sp³-hybridized carbons (Fsp3) is 0. The summed E-state index contributed by atoms with van der Waals surface area (Å²) in [6.07, 6.45) is 0. The molecule has 0 radical (unpaired) electrons. The van der Waals surface area contributed by atoms with Gasteiger partial charge in [-0.3, -0.25) is 0 Å². The summed E-state index contributed by atoms with van der Waals surface area (Å²) in [6, 6.07) is 3.46. The number of nitrogen functional groups attached to an aromatic ring is 1. The van der Waals surface area contributed by atoms with Gasteiger partial charge in [-0.1, -0.05) is 0 Å². The molecule has 0 aromatic heterocycles. The van der Waals surface area contributed by atoms with E-state index in [-0.39, 0.29) is 27.8 Å². The standard InChI is InChI=1S/C8H7NO4.2H2O/c9-6-2-4(7(10)11)1-5(3-6)8(12)13;;/h1-3H,9H2,(H,10,11)(H,12,13);2*1H2. The summed E-state index contributed by atoms with van der Waals surface area (Å²) in [5, 5.41) is 17.1. The van der Waals surface area contributed by atoms with E-state index in [1.807, 2.05) is 0 Å². The molecule has 84 valence electrons. The zero-order valence-corrected chi connectivity index (χ0v) is 7.52. The summed E-state index contributed by atoms with van der Waals surface area (Å²) in [7, 11) is 0. The first-order valence-electron chi connectivity index (χ1n) is 3.38. The molecule has 1 aromatic rings. The first-order chi connectivity index (χ1) is 6.00. The number of carboxylic acid groups (broad SMARTS) is 2. The highest BCUT2D eigenvalue weighted by Gasteiger charge is 2.09. The Morgan fingerprint density at radius 3 is 1.53 bits per heavy atom. The summed E-state index contributed by atoms with van der Waals surface area (Å²) >= 11 is 0. The van der Waals surface area contributed by atoms with Crippen LogP contribution in [0.3, 0.4) is 0 Å². The van der Waals surface area contributed by atoms with Gasteiger partial charge in [0, 0.05) is 5.69 Å². The maximum atomic E-state index is 10.5. The number of carbonyl (C=O) groups is 2. The Kier molecular flexibility index (Phi) is 5.71. The van der Waals surface area contributed by atoms with Gasteiger partial charge in [0.2, 0.25) is 0 Å². The Morgan fingerprint density at radius 2 is 1.27 bits per heavy atom. The molecule has 0 bridgehead atoms. The molecule has 7 nitrogen and oxygen atoms in total. The monoisotopic (exact) mass is 217 g/mol. The van der Waals surface area contributed by atoms with Crippen LogP contribution in [-0.4, -0.2) is 33.1 Å². The second kappa shape index (κ2) is 5.58. The Hall–Kier alpha value is -2.12. The molecule has 1 aromatic carbocycles. The Balaban J connectivity index is 0. The molecule has 0 heterocycles. The van der Waals surface area contributed by atoms with Crippen molar-refractivity contribution >= 4 is 17.6 Å². The average Bonchev–Trinajstić information content (AvgIpc) is 2.03. The minimum atomic E-state index is -1.20. The number of nitrogens with two attached hydrogens (primary N) is 1. The highest BCUT2D eigenvalue weighted by Crippen LogP contribution is 2.11. The van der Waals surface area contributed by atoms with Crippen LogP contribution in [0.5, 0.6) is 0 Å². The van der Waals surface area contributed by atoms with E-state index in [0.717, 1.165) is 6.07 Å². The highest BCUT2D eigenvalue weighted by molar-refractivity contribution is 5.95. The minimum Gasteiger partial charge on any atom is -0.478 e. The molecule has 7 heteroatoms. The lowest BCUT2D eigenvalue weighted by Crippen LogP contribution is -2.03. The number of hydrogen-bond acceptors (Lipinski definition) is 3. The van der Waals surface area contributed by atoms with Crippen LogP contribution in [0.4, 0.5) is 5.69 Å². The predicted molar refractivity (Wildman–Crippen MR) is 52.0 cm³/mol. The smallest absolute Gasteiger partial charge is 0.335 e. The number of carboxylic acids is 2. The lowest BCUT2D eigenvalue weighted by molar-refractivity contribution is 0.0696. The van der Waals surface area contributed by atoms with Gasteiger partial charge in [0.1, 0.15) is 0 Å². The van der Waals surface area contributed by atoms with Crippen molar-refractivity contribution in [1.82, 2.24) is 0 Å². The molecule has 0 unspecified atom stereocenters. The van der Waals surface area contributed by atoms with Gasteiger partial charge in [-0.25, -0.2) is 9.59 Å². The third-order valence-electron chi connectivity index (χ3n) is 1.45. The molecule has 0 aliphatic heterocycles. The third kappa shape index (κ3) is 3.63. The number of anilines is 1. The molecule has 8 N–H and O–H groups in total. The van der Waals surface area contributed by atoms with Gasteiger partial charge in [-0.2, -0.15) is 0 Å². The minimum absolute atomic E-state index is 0. The van der Waals surface area contributed by atoms with Crippen LogP contribution in [-0.2, 0) is 0 Å². The van der Waals surface area contributed by atoms with E-state index in [0.29, 0.717) is 0 Å². The zero-order valence-electron chi connectivity index (χ0n) is 7.52. The molecule has 0 aliphatic rings. The summed E-state index contributed by atoms with van der Waals surface area (Å²) in [5.74, 6) is -2.40. The van der Waals surface area contributed by atoms with Crippen LogP contribution in [0.25, 0.3) is 0 Å². The van der Waals surface area contributed by atoms with Crippen LogP contribution in [0.1, 0.15) is 20.7 Å². The fourth-order valence-corrected chi connectivity index (χ4v) is 0.899. The number of aromatic carboxylic acids is 2. The van der Waals surface area contributed by atoms with Crippen molar-refractivity contribution in [3.8, 4) is 0 Å². The van der Waals surface area contributed by atoms with Crippen LogP contribution in [0, 0.1) is 0 Å². The summed E-state index contributed by atoms with van der Waals surface area (Å²) in [4.78, 5) is 21.0. The molecule has 0 atom stereocenters. The molecular formula is C8H11NO6. The normalized spacial score (nSPS) is 8.27. The second-order valence-corrected chi connectivity index (χ2v) is 2.45. The van der Waals surface area contributed by atoms with Crippen LogP contribution in [0.15, 0.2) is 18.2 Å². The molecule has 15 heavy (non-hydrogen) atoms. The largest absolute Gasteiger partial charge is 0.478 e. The van der Waals surface area contributed by atoms with Crippen molar-refractivity contribution in [1.29, 1.82) is 0 Å². The van der Waals surface area contributed by atoms with Crippen molar-refractivity contribution in [3.05, 3.63) is 29.3 Å². The highest BCUT2D eigenvalue weighted by atomic mass is 16.4. The molecule has 0 saturated carbocycles. The van der Waals surface area contributed by atoms with Crippen molar-refractivity contribution in [2.24, 2.45) is 0 Å². The molecule has 0 aliphatic carbocycles. The van der Waals surface area contributed by atoms with Gasteiger partial charge in [-0.15, -0.1) is 0 Å². The molecule has 0 fully saturated rings. The third-order valence-corrected chi connectivity index (χ3v) is 1.45. The van der Waals surface area contributed by atoms with E-state index in [1.165, 1.54) is 12.1 Å². The van der Waals surface area contributed by atoms with E-state index >= 15 is 0 Å². The number of hydrogen-bond donors (Lipinski definition) is 3. The SMILES string of the molecule is Nc1cc(C(=O)O)cc(C(=O)O)c1.O.O. The van der Waals surface area contributed by atoms with E-state index in [1.54, 1.807) is 0 Å². The van der Waals surface area contributed by atoms with Crippen molar-refractivity contribution in [3.63, 3.8) is 0 Å². The Bertz CT molecular complexity index is 343. The summed E-state index contributed by atoms with van der Waals surface area (Å²) < 4.78 is 0. The van der Waals surface area contributed by atoms with Crippen LogP contribution >= 0.6 is 0 Å². The lowest BCUT2D eigenvalue weighted by Gasteiger charge is -1.99. The van der Waals surface area contributed by atoms with Gasteiger partial charge in [0.25, 0.3) is 0 Å². The van der Waals surface area contributed by atoms with Gasteiger partial charge < -0.3 is 26.9 Å². The quantitative estimate of drug-likeness (QED) is 0.540. The van der Waals surface area contributed by atoms with Gasteiger partial charge in [0.15, 0.2) is 0 Å². The van der Waals surface area contributed by atoms with Crippen molar-refractivity contribution < 1.29 is 30.8 Å². The van der Waals surface area contributed by atoms with E-state index < -0.39 is 11.9 Å². The Morgan fingerprint density at radius 1 is 0.933 bits per heavy atom. The van der Waals surface area contributed by atoms with Crippen molar-refractivity contribution in [2.75, 3.05) is 5.73 Å². The first-order valence-corrected chi connectivity index (χ1v) is 3.38. The van der Waals surface area contributed by atoms with E-state index in [9.17, 15) is 9.59 Å². The molecular weight excluding hydrogens is 206 g/mol. The summed E-state index contributed by atoms with van der Waals surface area (Å²) in [6.45, 7) is 0. The zero-order chi connectivity index (χ0) is 10.0.